The number of ether oxygens (including phenoxy) is 2. The maximum absolute atomic E-state index is 5.79. The monoisotopic (exact) mass is 347 g/mol. The van der Waals surface area contributed by atoms with Crippen molar-refractivity contribution >= 4 is 5.96 Å². The Hall–Kier alpha value is -1.59. The van der Waals surface area contributed by atoms with Gasteiger partial charge in [0.15, 0.2) is 5.96 Å². The van der Waals surface area contributed by atoms with Crippen LogP contribution in [0.25, 0.3) is 0 Å². The third-order valence-corrected chi connectivity index (χ3v) is 4.54. The second-order valence-electron chi connectivity index (χ2n) is 6.81. The molecular weight excluding hydrogens is 314 g/mol. The first-order valence-electron chi connectivity index (χ1n) is 9.42. The molecule has 0 bridgehead atoms. The van der Waals surface area contributed by atoms with Crippen LogP contribution in [0.5, 0.6) is 0 Å². The molecule has 1 unspecified atom stereocenters. The largest absolute Gasteiger partial charge is 0.381 e. The van der Waals surface area contributed by atoms with E-state index in [1.807, 2.05) is 6.07 Å². The molecule has 0 radical (unpaired) electrons. The van der Waals surface area contributed by atoms with Crippen molar-refractivity contribution in [3.63, 3.8) is 0 Å². The summed E-state index contributed by atoms with van der Waals surface area (Å²) in [7, 11) is 1.81. The average Bonchev–Trinajstić information content (AvgIpc) is 3.07. The minimum absolute atomic E-state index is 0.0514. The van der Waals surface area contributed by atoms with Crippen LogP contribution in [0.1, 0.15) is 38.2 Å². The fourth-order valence-electron chi connectivity index (χ4n) is 2.94. The van der Waals surface area contributed by atoms with Crippen LogP contribution in [0.15, 0.2) is 35.3 Å². The molecule has 0 aliphatic carbocycles. The third-order valence-electron chi connectivity index (χ3n) is 4.54. The summed E-state index contributed by atoms with van der Waals surface area (Å²) in [6, 6.07) is 10.5. The van der Waals surface area contributed by atoms with Crippen molar-refractivity contribution in [1.29, 1.82) is 0 Å². The van der Waals surface area contributed by atoms with Gasteiger partial charge in [-0.1, -0.05) is 30.3 Å². The lowest BCUT2D eigenvalue weighted by Crippen LogP contribution is -2.45. The zero-order chi connectivity index (χ0) is 17.8. The van der Waals surface area contributed by atoms with E-state index in [0.717, 1.165) is 71.0 Å². The molecule has 1 fully saturated rings. The molecule has 1 aromatic rings. The highest BCUT2D eigenvalue weighted by Gasteiger charge is 2.29. The van der Waals surface area contributed by atoms with Gasteiger partial charge in [-0.05, 0) is 44.6 Å². The highest BCUT2D eigenvalue weighted by molar-refractivity contribution is 5.79. The third kappa shape index (κ3) is 7.88. The van der Waals surface area contributed by atoms with Gasteiger partial charge in [0.25, 0.3) is 0 Å². The molecule has 140 valence electrons. The van der Waals surface area contributed by atoms with Gasteiger partial charge in [0.2, 0.25) is 0 Å². The summed E-state index contributed by atoms with van der Waals surface area (Å²) in [6.45, 7) is 6.34. The summed E-state index contributed by atoms with van der Waals surface area (Å²) in [4.78, 5) is 4.27. The lowest BCUT2D eigenvalue weighted by atomic mass is 10.0. The molecule has 1 aliphatic rings. The minimum Gasteiger partial charge on any atom is -0.381 e. The fourth-order valence-corrected chi connectivity index (χ4v) is 2.94. The molecule has 5 nitrogen and oxygen atoms in total. The predicted molar refractivity (Wildman–Crippen MR) is 103 cm³/mol. The van der Waals surface area contributed by atoms with Gasteiger partial charge in [-0.3, -0.25) is 4.99 Å². The van der Waals surface area contributed by atoms with Gasteiger partial charge in [-0.2, -0.15) is 0 Å². The molecule has 0 saturated carbocycles. The van der Waals surface area contributed by atoms with Crippen molar-refractivity contribution in [2.75, 3.05) is 40.0 Å². The number of nitrogens with one attached hydrogen (secondary N) is 2. The lowest BCUT2D eigenvalue weighted by molar-refractivity contribution is 0.0243. The molecular formula is C20H33N3O2. The molecule has 0 spiro atoms. The normalized spacial score (nSPS) is 20.6. The van der Waals surface area contributed by atoms with E-state index in [1.54, 1.807) is 7.05 Å². The summed E-state index contributed by atoms with van der Waals surface area (Å²) in [5, 5.41) is 6.72. The Kier molecular flexibility index (Phi) is 8.77. The molecule has 1 aliphatic heterocycles. The summed E-state index contributed by atoms with van der Waals surface area (Å²) in [5.41, 5.74) is 1.28. The molecule has 1 atom stereocenters. The Balaban J connectivity index is 1.46. The molecule has 2 N–H and O–H groups in total. The Labute approximate surface area is 152 Å². The van der Waals surface area contributed by atoms with E-state index >= 15 is 0 Å². The molecule has 0 amide bonds. The van der Waals surface area contributed by atoms with Crippen LogP contribution in [0.2, 0.25) is 0 Å². The zero-order valence-electron chi connectivity index (χ0n) is 15.7. The van der Waals surface area contributed by atoms with Crippen LogP contribution in [-0.4, -0.2) is 51.5 Å². The minimum atomic E-state index is -0.0514. The summed E-state index contributed by atoms with van der Waals surface area (Å²) in [6.07, 6.45) is 5.36. The van der Waals surface area contributed by atoms with Gasteiger partial charge < -0.3 is 20.1 Å². The number of benzene rings is 1. The highest BCUT2D eigenvalue weighted by atomic mass is 16.5. The Morgan fingerprint density at radius 1 is 1.20 bits per heavy atom. The SMILES string of the molecule is CN=C(NCCCCOCCc1ccccc1)NCC1(C)CCCO1. The van der Waals surface area contributed by atoms with E-state index in [4.69, 9.17) is 9.47 Å². The number of guanidine groups is 1. The van der Waals surface area contributed by atoms with Crippen LogP contribution >= 0.6 is 0 Å². The highest BCUT2D eigenvalue weighted by Crippen LogP contribution is 2.23. The quantitative estimate of drug-likeness (QED) is 0.388. The van der Waals surface area contributed by atoms with E-state index in [-0.39, 0.29) is 5.60 Å². The first-order valence-corrected chi connectivity index (χ1v) is 9.42. The topological polar surface area (TPSA) is 54.9 Å². The van der Waals surface area contributed by atoms with Crippen LogP contribution in [0.4, 0.5) is 0 Å². The smallest absolute Gasteiger partial charge is 0.191 e. The number of hydrogen-bond acceptors (Lipinski definition) is 3. The van der Waals surface area contributed by atoms with Crippen LogP contribution in [0, 0.1) is 0 Å². The number of unbranched alkanes of at least 4 members (excludes halogenated alkanes) is 1. The number of hydrogen-bond donors (Lipinski definition) is 2. The van der Waals surface area contributed by atoms with Crippen molar-refractivity contribution in [3.8, 4) is 0 Å². The van der Waals surface area contributed by atoms with Gasteiger partial charge in [0.1, 0.15) is 0 Å². The summed E-state index contributed by atoms with van der Waals surface area (Å²) < 4.78 is 11.5. The molecule has 1 saturated heterocycles. The maximum atomic E-state index is 5.79. The van der Waals surface area contributed by atoms with Crippen LogP contribution < -0.4 is 10.6 Å². The Morgan fingerprint density at radius 3 is 2.76 bits per heavy atom. The number of aliphatic imine (C=N–C) groups is 1. The van der Waals surface area contributed by atoms with Crippen molar-refractivity contribution in [3.05, 3.63) is 35.9 Å². The van der Waals surface area contributed by atoms with Crippen molar-refractivity contribution in [2.45, 2.75) is 44.6 Å². The van der Waals surface area contributed by atoms with Gasteiger partial charge in [0, 0.05) is 33.4 Å². The van der Waals surface area contributed by atoms with Gasteiger partial charge in [-0.15, -0.1) is 0 Å². The molecule has 25 heavy (non-hydrogen) atoms. The van der Waals surface area contributed by atoms with E-state index in [9.17, 15) is 0 Å². The van der Waals surface area contributed by atoms with Crippen molar-refractivity contribution in [1.82, 2.24) is 10.6 Å². The first-order chi connectivity index (χ1) is 12.2. The Morgan fingerprint density at radius 2 is 2.04 bits per heavy atom. The molecule has 0 aromatic heterocycles. The maximum Gasteiger partial charge on any atom is 0.191 e. The zero-order valence-corrected chi connectivity index (χ0v) is 15.7. The molecule has 1 aromatic carbocycles. The van der Waals surface area contributed by atoms with Crippen molar-refractivity contribution in [2.24, 2.45) is 4.99 Å². The average molecular weight is 348 g/mol. The first kappa shape index (κ1) is 19.7. The second kappa shape index (κ2) is 11.1. The van der Waals surface area contributed by atoms with Crippen LogP contribution in [0.3, 0.4) is 0 Å². The van der Waals surface area contributed by atoms with Gasteiger partial charge in [0.05, 0.1) is 12.2 Å². The fraction of sp³-hybridized carbons (Fsp3) is 0.650. The van der Waals surface area contributed by atoms with E-state index in [2.05, 4.69) is 46.8 Å². The second-order valence-corrected chi connectivity index (χ2v) is 6.81. The summed E-state index contributed by atoms with van der Waals surface area (Å²) >= 11 is 0. The van der Waals surface area contributed by atoms with E-state index in [1.165, 1.54) is 5.56 Å². The summed E-state index contributed by atoms with van der Waals surface area (Å²) in [5.74, 6) is 0.849. The molecule has 1 heterocycles. The van der Waals surface area contributed by atoms with Crippen LogP contribution in [-0.2, 0) is 15.9 Å². The van der Waals surface area contributed by atoms with E-state index in [0.29, 0.717) is 0 Å². The molecule has 2 rings (SSSR count). The van der Waals surface area contributed by atoms with Crippen molar-refractivity contribution < 1.29 is 9.47 Å². The van der Waals surface area contributed by atoms with E-state index < -0.39 is 0 Å². The standard InChI is InChI=1S/C20H33N3O2/c1-20(12-8-15-25-20)17-23-19(21-2)22-13-6-7-14-24-16-11-18-9-4-3-5-10-18/h3-5,9-10H,6-8,11-17H2,1-2H3,(H2,21,22,23). The Bertz CT molecular complexity index is 499. The number of rotatable bonds is 10. The van der Waals surface area contributed by atoms with Gasteiger partial charge >= 0.3 is 0 Å². The van der Waals surface area contributed by atoms with Gasteiger partial charge in [-0.25, -0.2) is 0 Å². The predicted octanol–water partition coefficient (Wildman–Crippen LogP) is 2.76. The number of nitrogens with zero attached hydrogens (tertiary/aromatic N) is 1. The lowest BCUT2D eigenvalue weighted by Gasteiger charge is -2.24. The molecule has 5 heteroatoms.